The smallest absolute Gasteiger partial charge is 0.222 e. The molecule has 0 saturated carbocycles. The number of carbonyl (C=O) groups excluding carboxylic acids is 1. The van der Waals surface area contributed by atoms with Gasteiger partial charge in [0.05, 0.1) is 0 Å². The number of nitrogens with zero attached hydrogens (tertiary/aromatic N) is 1. The minimum atomic E-state index is 0.274. The minimum Gasteiger partial charge on any atom is -0.342 e. The first kappa shape index (κ1) is 15.2. The molecule has 0 bridgehead atoms. The summed E-state index contributed by atoms with van der Waals surface area (Å²) in [6, 6.07) is 8.60. The van der Waals surface area contributed by atoms with Crippen LogP contribution in [0.4, 0.5) is 0 Å². The van der Waals surface area contributed by atoms with Crippen LogP contribution in [0.5, 0.6) is 0 Å². The number of hydrogen-bond acceptors (Lipinski definition) is 2. The lowest BCUT2D eigenvalue weighted by molar-refractivity contribution is -0.130. The molecular weight excluding hydrogens is 266 g/mol. The summed E-state index contributed by atoms with van der Waals surface area (Å²) < 4.78 is 0. The molecule has 20 heavy (non-hydrogen) atoms. The molecule has 3 heteroatoms. The monoisotopic (exact) mass is 289 g/mol. The molecule has 0 spiro atoms. The quantitative estimate of drug-likeness (QED) is 0.782. The zero-order chi connectivity index (χ0) is 14.4. The first-order valence-corrected chi connectivity index (χ1v) is 8.33. The highest BCUT2D eigenvalue weighted by atomic mass is 32.2. The van der Waals surface area contributed by atoms with Crippen LogP contribution < -0.4 is 0 Å². The van der Waals surface area contributed by atoms with Gasteiger partial charge in [0.15, 0.2) is 0 Å². The molecule has 1 aromatic rings. The van der Waals surface area contributed by atoms with Gasteiger partial charge in [0.2, 0.25) is 5.91 Å². The van der Waals surface area contributed by atoms with E-state index in [9.17, 15) is 4.79 Å². The summed E-state index contributed by atoms with van der Waals surface area (Å²) >= 11 is 1.98. The second-order valence-electron chi connectivity index (χ2n) is 5.21. The lowest BCUT2D eigenvalue weighted by Crippen LogP contribution is -2.32. The Hall–Kier alpha value is -1.22. The summed E-state index contributed by atoms with van der Waals surface area (Å²) in [7, 11) is 0. The first-order valence-electron chi connectivity index (χ1n) is 7.28. The number of carbonyl (C=O) groups is 1. The van der Waals surface area contributed by atoms with Crippen LogP contribution in [0.3, 0.4) is 0 Å². The predicted octanol–water partition coefficient (Wildman–Crippen LogP) is 3.97. The Bertz CT molecular complexity index is 472. The topological polar surface area (TPSA) is 20.3 Å². The molecule has 0 N–H and O–H groups in total. The van der Waals surface area contributed by atoms with Crippen molar-refractivity contribution in [1.82, 2.24) is 4.90 Å². The summed E-state index contributed by atoms with van der Waals surface area (Å²) in [6.45, 7) is 7.61. The fourth-order valence-electron chi connectivity index (χ4n) is 2.60. The highest BCUT2D eigenvalue weighted by Crippen LogP contribution is 2.35. The zero-order valence-electron chi connectivity index (χ0n) is 12.2. The van der Waals surface area contributed by atoms with Crippen LogP contribution in [0.1, 0.15) is 35.6 Å². The van der Waals surface area contributed by atoms with Crippen molar-refractivity contribution in [2.24, 2.45) is 0 Å². The molecule has 0 aromatic heterocycles. The Balaban J connectivity index is 1.97. The van der Waals surface area contributed by atoms with Gasteiger partial charge in [-0.1, -0.05) is 30.3 Å². The van der Waals surface area contributed by atoms with E-state index in [1.807, 2.05) is 22.7 Å². The van der Waals surface area contributed by atoms with Crippen LogP contribution in [-0.4, -0.2) is 29.6 Å². The number of thioether (sulfide) groups is 1. The molecule has 2 nitrogen and oxygen atoms in total. The lowest BCUT2D eigenvalue weighted by Gasteiger charge is -2.20. The molecule has 0 aliphatic carbocycles. The van der Waals surface area contributed by atoms with Gasteiger partial charge in [-0.05, 0) is 30.9 Å². The van der Waals surface area contributed by atoms with E-state index < -0.39 is 0 Å². The molecule has 1 unspecified atom stereocenters. The van der Waals surface area contributed by atoms with E-state index in [4.69, 9.17) is 0 Å². The van der Waals surface area contributed by atoms with Gasteiger partial charge < -0.3 is 4.90 Å². The summed E-state index contributed by atoms with van der Waals surface area (Å²) in [5.74, 6) is 1.30. The van der Waals surface area contributed by atoms with Crippen molar-refractivity contribution in [3.63, 3.8) is 0 Å². The summed E-state index contributed by atoms with van der Waals surface area (Å²) in [5, 5.41) is 0.522. The maximum atomic E-state index is 12.1. The molecule has 1 saturated heterocycles. The number of benzene rings is 1. The third-order valence-corrected chi connectivity index (χ3v) is 5.10. The molecule has 1 aromatic carbocycles. The van der Waals surface area contributed by atoms with Crippen molar-refractivity contribution in [2.45, 2.75) is 31.4 Å². The fraction of sp³-hybridized carbons (Fsp3) is 0.471. The Morgan fingerprint density at radius 3 is 3.00 bits per heavy atom. The van der Waals surface area contributed by atoms with E-state index in [0.717, 1.165) is 31.7 Å². The fourth-order valence-corrected chi connectivity index (χ4v) is 3.93. The second kappa shape index (κ2) is 7.53. The van der Waals surface area contributed by atoms with E-state index in [-0.39, 0.29) is 5.91 Å². The van der Waals surface area contributed by atoms with Crippen LogP contribution in [0.2, 0.25) is 0 Å². The molecule has 1 aliphatic rings. The van der Waals surface area contributed by atoms with Crippen molar-refractivity contribution in [2.75, 3.05) is 18.8 Å². The highest BCUT2D eigenvalue weighted by molar-refractivity contribution is 7.99. The number of aryl methyl sites for hydroxylation is 1. The van der Waals surface area contributed by atoms with Crippen LogP contribution in [0.15, 0.2) is 36.9 Å². The third-order valence-electron chi connectivity index (χ3n) is 3.79. The lowest BCUT2D eigenvalue weighted by atomic mass is 10.0. The Morgan fingerprint density at radius 2 is 2.25 bits per heavy atom. The average Bonchev–Trinajstić information content (AvgIpc) is 2.71. The normalized spacial score (nSPS) is 19.4. The minimum absolute atomic E-state index is 0.274. The van der Waals surface area contributed by atoms with Crippen molar-refractivity contribution in [3.8, 4) is 0 Å². The summed E-state index contributed by atoms with van der Waals surface area (Å²) in [6.07, 6.45) is 4.25. The van der Waals surface area contributed by atoms with Gasteiger partial charge in [-0.2, -0.15) is 11.8 Å². The second-order valence-corrected chi connectivity index (χ2v) is 6.52. The maximum Gasteiger partial charge on any atom is 0.222 e. The van der Waals surface area contributed by atoms with Gasteiger partial charge in [0, 0.05) is 30.5 Å². The number of hydrogen-bond donors (Lipinski definition) is 0. The van der Waals surface area contributed by atoms with Gasteiger partial charge in [0.1, 0.15) is 0 Å². The molecule has 1 atom stereocenters. The average molecular weight is 289 g/mol. The van der Waals surface area contributed by atoms with Gasteiger partial charge in [-0.3, -0.25) is 4.79 Å². The number of allylic oxidation sites excluding steroid dienone is 1. The van der Waals surface area contributed by atoms with Gasteiger partial charge in [-0.25, -0.2) is 0 Å². The summed E-state index contributed by atoms with van der Waals surface area (Å²) in [5.41, 5.74) is 2.79. The number of rotatable bonds is 4. The van der Waals surface area contributed by atoms with Crippen LogP contribution >= 0.6 is 11.8 Å². The van der Waals surface area contributed by atoms with Gasteiger partial charge in [0.25, 0.3) is 0 Å². The summed E-state index contributed by atoms with van der Waals surface area (Å²) in [4.78, 5) is 14.1. The molecule has 108 valence electrons. The van der Waals surface area contributed by atoms with E-state index in [2.05, 4.69) is 37.8 Å². The molecule has 1 fully saturated rings. The van der Waals surface area contributed by atoms with Crippen molar-refractivity contribution < 1.29 is 4.79 Å². The van der Waals surface area contributed by atoms with Crippen LogP contribution in [0, 0.1) is 6.92 Å². The highest BCUT2D eigenvalue weighted by Gasteiger charge is 2.22. The molecule has 1 amide bonds. The molecular formula is C17H23NOS. The Morgan fingerprint density at radius 1 is 1.45 bits per heavy atom. The van der Waals surface area contributed by atoms with Crippen molar-refractivity contribution >= 4 is 17.7 Å². The van der Waals surface area contributed by atoms with Crippen LogP contribution in [0.25, 0.3) is 0 Å². The van der Waals surface area contributed by atoms with Gasteiger partial charge >= 0.3 is 0 Å². The largest absolute Gasteiger partial charge is 0.342 e. The SMILES string of the molecule is C=CCCC(=O)N1CCSC(c2ccccc2C)CC1. The zero-order valence-corrected chi connectivity index (χ0v) is 13.0. The predicted molar refractivity (Wildman–Crippen MR) is 87.0 cm³/mol. The molecule has 1 aliphatic heterocycles. The standard InChI is InChI=1S/C17H23NOS/c1-3-4-9-17(19)18-11-10-16(20-13-12-18)15-8-6-5-7-14(15)2/h3,5-8,16H,1,4,9-13H2,2H3. The third kappa shape index (κ3) is 3.89. The molecule has 1 heterocycles. The molecule has 0 radical (unpaired) electrons. The van der Waals surface area contributed by atoms with E-state index in [0.29, 0.717) is 11.7 Å². The van der Waals surface area contributed by atoms with Crippen molar-refractivity contribution in [3.05, 3.63) is 48.0 Å². The Labute approximate surface area is 126 Å². The van der Waals surface area contributed by atoms with E-state index in [1.165, 1.54) is 11.1 Å². The van der Waals surface area contributed by atoms with E-state index >= 15 is 0 Å². The van der Waals surface area contributed by atoms with Crippen LogP contribution in [-0.2, 0) is 4.79 Å². The molecule has 2 rings (SSSR count). The first-order chi connectivity index (χ1) is 9.72. The Kier molecular flexibility index (Phi) is 5.72. The van der Waals surface area contributed by atoms with Crippen molar-refractivity contribution in [1.29, 1.82) is 0 Å². The van der Waals surface area contributed by atoms with Gasteiger partial charge in [-0.15, -0.1) is 6.58 Å². The van der Waals surface area contributed by atoms with E-state index in [1.54, 1.807) is 0 Å². The number of amides is 1. The maximum absolute atomic E-state index is 12.1.